The fraction of sp³-hybridized carbons (Fsp3) is 0.226. The van der Waals surface area contributed by atoms with Gasteiger partial charge in [-0.1, -0.05) is 82.2 Å². The van der Waals surface area contributed by atoms with Crippen LogP contribution in [0.15, 0.2) is 88.9 Å². The summed E-state index contributed by atoms with van der Waals surface area (Å²) in [6, 6.07) is 28.4. The maximum Gasteiger partial charge on any atom is 0.0827 e. The maximum atomic E-state index is 2.90. The van der Waals surface area contributed by atoms with Crippen LogP contribution in [0.3, 0.4) is 0 Å². The minimum Gasteiger partial charge on any atom is -0.144 e. The summed E-state index contributed by atoms with van der Waals surface area (Å²) in [6.07, 6.45) is 0. The lowest BCUT2D eigenvalue weighted by Gasteiger charge is -2.57. The van der Waals surface area contributed by atoms with E-state index >= 15 is 0 Å². The molecule has 6 aromatic heterocycles. The average molecular weight is 713 g/mol. The fourth-order valence-electron chi connectivity index (χ4n) is 6.76. The van der Waals surface area contributed by atoms with E-state index in [9.17, 15) is 0 Å². The van der Waals surface area contributed by atoms with Crippen LogP contribution in [0.25, 0.3) is 29.3 Å². The van der Waals surface area contributed by atoms with Crippen molar-refractivity contribution < 1.29 is 0 Å². The Bertz CT molecular complexity index is 1530. The molecule has 0 N–H and O–H groups in total. The van der Waals surface area contributed by atoms with Gasteiger partial charge in [0.2, 0.25) is 0 Å². The summed E-state index contributed by atoms with van der Waals surface area (Å²) < 4.78 is 5.17. The third kappa shape index (κ3) is 4.96. The molecule has 0 aliphatic carbocycles. The zero-order chi connectivity index (χ0) is 29.0. The average Bonchev–Trinajstić information content (AvgIpc) is 3.80. The molecule has 0 spiro atoms. The van der Waals surface area contributed by atoms with Gasteiger partial charge in [-0.05, 0) is 66.0 Å². The lowest BCUT2D eigenvalue weighted by molar-refractivity contribution is 1.80. The van der Waals surface area contributed by atoms with Crippen molar-refractivity contribution in [1.82, 2.24) is 0 Å². The summed E-state index contributed by atoms with van der Waals surface area (Å²) in [5, 5.41) is 6.64. The summed E-state index contributed by atoms with van der Waals surface area (Å²) in [4.78, 5) is 8.62. The highest BCUT2D eigenvalue weighted by Gasteiger charge is 2.66. The summed E-state index contributed by atoms with van der Waals surface area (Å²) in [6.45, 7) is 17.6. The van der Waals surface area contributed by atoms with Gasteiger partial charge in [-0.2, -0.15) is 0 Å². The van der Waals surface area contributed by atoms with Crippen LogP contribution in [0.1, 0.15) is 0 Å². The van der Waals surface area contributed by atoms with Gasteiger partial charge in [0.15, 0.2) is 0 Å². The van der Waals surface area contributed by atoms with Gasteiger partial charge in [0.25, 0.3) is 0 Å². The van der Waals surface area contributed by atoms with Gasteiger partial charge in [-0.3, -0.25) is 0 Å². The first-order valence-corrected chi connectivity index (χ1v) is 33.5. The Balaban J connectivity index is 1.51. The Hall–Kier alpha value is -0.932. The van der Waals surface area contributed by atoms with Crippen LogP contribution >= 0.6 is 68.0 Å². The van der Waals surface area contributed by atoms with Crippen molar-refractivity contribution in [2.24, 2.45) is 0 Å². The van der Waals surface area contributed by atoms with Crippen LogP contribution in [0, 0.1) is 0 Å². The number of rotatable bonds is 9. The molecule has 0 aliphatic heterocycles. The van der Waals surface area contributed by atoms with Gasteiger partial charge in [-0.25, -0.2) is 0 Å². The van der Waals surface area contributed by atoms with E-state index in [1.54, 1.807) is 13.5 Å². The second-order valence-corrected chi connectivity index (χ2v) is 58.0. The molecule has 0 unspecified atom stereocenters. The van der Waals surface area contributed by atoms with Crippen LogP contribution in [0.2, 0.25) is 45.8 Å². The van der Waals surface area contributed by atoms with Gasteiger partial charge < -0.3 is 0 Å². The van der Waals surface area contributed by atoms with Crippen LogP contribution in [-0.4, -0.2) is 29.4 Å². The normalized spacial score (nSPS) is 13.2. The fourth-order valence-corrected chi connectivity index (χ4v) is 104. The van der Waals surface area contributed by atoms with E-state index in [0.717, 1.165) is 0 Å². The Kier molecular flexibility index (Phi) is 8.23. The van der Waals surface area contributed by atoms with E-state index in [0.29, 0.717) is 0 Å². The molecule has 6 rings (SSSR count). The van der Waals surface area contributed by atoms with E-state index in [-0.39, 0.29) is 0 Å². The minimum absolute atomic E-state index is 1.42. The van der Waals surface area contributed by atoms with Crippen LogP contribution in [0.5, 0.6) is 0 Å². The minimum atomic E-state index is -1.91. The summed E-state index contributed by atoms with van der Waals surface area (Å²) in [5.74, 6) is 0. The second-order valence-electron chi connectivity index (χ2n) is 12.4. The highest BCUT2D eigenvalue weighted by atomic mass is 32.1. The third-order valence-electron chi connectivity index (χ3n) is 9.71. The van der Waals surface area contributed by atoms with Crippen molar-refractivity contribution >= 4 is 111 Å². The molecule has 0 atom stereocenters. The smallest absolute Gasteiger partial charge is 0.0827 e. The Morgan fingerprint density at radius 3 is 0.902 bits per heavy atom. The molecule has 6 aromatic rings. The molecule has 41 heavy (non-hydrogen) atoms. The maximum absolute atomic E-state index is 2.90. The zero-order valence-electron chi connectivity index (χ0n) is 24.6. The Morgan fingerprint density at radius 1 is 0.366 bits per heavy atom. The summed E-state index contributed by atoms with van der Waals surface area (Å²) in [7, 11) is -5.61. The first-order chi connectivity index (χ1) is 19.5. The molecule has 0 amide bonds. The van der Waals surface area contributed by atoms with Gasteiger partial charge in [0.05, 0.1) is 29.4 Å². The monoisotopic (exact) mass is 712 g/mol. The van der Waals surface area contributed by atoms with Crippen molar-refractivity contribution in [2.75, 3.05) is 0 Å². The van der Waals surface area contributed by atoms with Gasteiger partial charge in [-0.15, -0.1) is 68.0 Å². The molecule has 0 aromatic carbocycles. The molecule has 212 valence electrons. The highest BCUT2D eigenvalue weighted by Crippen LogP contribution is 2.42. The summed E-state index contributed by atoms with van der Waals surface area (Å²) >= 11 is 12.0. The van der Waals surface area contributed by atoms with E-state index in [2.05, 4.69) is 169 Å². The third-order valence-corrected chi connectivity index (χ3v) is 93.1. The van der Waals surface area contributed by atoms with Crippen molar-refractivity contribution in [2.45, 2.75) is 45.8 Å². The van der Waals surface area contributed by atoms with Crippen molar-refractivity contribution in [3.8, 4) is 29.3 Å². The first-order valence-electron chi connectivity index (χ1n) is 13.9. The van der Waals surface area contributed by atoms with Gasteiger partial charge >= 0.3 is 0 Å². The molecule has 0 fully saturated rings. The van der Waals surface area contributed by atoms with E-state index in [4.69, 9.17) is 0 Å². The molecule has 0 radical (unpaired) electrons. The van der Waals surface area contributed by atoms with Gasteiger partial charge in [0.1, 0.15) is 0 Å². The number of hydrogen-bond donors (Lipinski definition) is 0. The predicted octanol–water partition coefficient (Wildman–Crippen LogP) is 10.5. The van der Waals surface area contributed by atoms with Crippen molar-refractivity contribution in [3.63, 3.8) is 0 Å². The standard InChI is InChI=1S/C31H36S6Si4/c1-38(2,29-17-14-26(35-29)23-11-8-20-32-23)41(7,39(3,4)30-18-15-27(36-30)24-12-9-21-33-24)40(5,6)31-19-16-28(37-31)25-13-10-22-34-25/h8-22H,1-7H3. The van der Waals surface area contributed by atoms with Crippen molar-refractivity contribution in [1.29, 1.82) is 0 Å². The van der Waals surface area contributed by atoms with E-state index in [1.165, 1.54) is 29.3 Å². The van der Waals surface area contributed by atoms with Crippen LogP contribution < -0.4 is 13.5 Å². The predicted molar refractivity (Wildman–Crippen MR) is 206 cm³/mol. The van der Waals surface area contributed by atoms with Crippen molar-refractivity contribution in [3.05, 3.63) is 88.9 Å². The second kappa shape index (κ2) is 11.2. The SMILES string of the molecule is C[Si](C)(c1ccc(-c2cccs2)s1)[Si](C)([Si](C)(C)c1ccc(-c2cccs2)s1)[Si](C)(C)c1ccc(-c2cccs2)s1. The van der Waals surface area contributed by atoms with Crippen LogP contribution in [-0.2, 0) is 0 Å². The molecule has 0 aliphatic rings. The molecule has 10 heteroatoms. The topological polar surface area (TPSA) is 0 Å². The van der Waals surface area contributed by atoms with Gasteiger partial charge in [0, 0.05) is 29.3 Å². The van der Waals surface area contributed by atoms with Crippen LogP contribution in [0.4, 0.5) is 0 Å². The zero-order valence-corrected chi connectivity index (χ0v) is 33.5. The molecule has 6 heterocycles. The molecular formula is C31H36S6Si4. The Morgan fingerprint density at radius 2 is 0.659 bits per heavy atom. The molecule has 0 saturated heterocycles. The number of thiophene rings is 6. The lowest BCUT2D eigenvalue weighted by atomic mass is 10.4. The number of hydrogen-bond acceptors (Lipinski definition) is 6. The molecule has 0 bridgehead atoms. The van der Waals surface area contributed by atoms with E-state index in [1.807, 2.05) is 34.0 Å². The molecule has 0 nitrogen and oxygen atoms in total. The molecule has 0 saturated carbocycles. The first kappa shape index (κ1) is 30.1. The van der Waals surface area contributed by atoms with E-state index < -0.39 is 29.4 Å². The Labute approximate surface area is 272 Å². The lowest BCUT2D eigenvalue weighted by Crippen LogP contribution is -2.90. The largest absolute Gasteiger partial charge is 0.144 e. The summed E-state index contributed by atoms with van der Waals surface area (Å²) in [5.41, 5.74) is 0. The highest BCUT2D eigenvalue weighted by molar-refractivity contribution is 7.96. The molecular weight excluding hydrogens is 677 g/mol. The quantitative estimate of drug-likeness (QED) is 0.131.